The van der Waals surface area contributed by atoms with Gasteiger partial charge in [-0.25, -0.2) is 0 Å². The van der Waals surface area contributed by atoms with Gasteiger partial charge in [0.15, 0.2) is 0 Å². The Labute approximate surface area is 112 Å². The molecule has 2 N–H and O–H groups in total. The lowest BCUT2D eigenvalue weighted by Gasteiger charge is -2.39. The monoisotopic (exact) mass is 254 g/mol. The lowest BCUT2D eigenvalue weighted by Crippen LogP contribution is -2.47. The van der Waals surface area contributed by atoms with Crippen molar-refractivity contribution in [1.82, 2.24) is 10.2 Å². The summed E-state index contributed by atoms with van der Waals surface area (Å²) in [6, 6.07) is 0.970. The maximum absolute atomic E-state index is 9.43. The highest BCUT2D eigenvalue weighted by molar-refractivity contribution is 4.87. The van der Waals surface area contributed by atoms with Crippen molar-refractivity contribution in [3.63, 3.8) is 0 Å². The van der Waals surface area contributed by atoms with Gasteiger partial charge in [0.1, 0.15) is 0 Å². The van der Waals surface area contributed by atoms with Gasteiger partial charge in [0, 0.05) is 18.6 Å². The molecule has 1 heterocycles. The van der Waals surface area contributed by atoms with Crippen molar-refractivity contribution in [2.24, 2.45) is 11.3 Å². The van der Waals surface area contributed by atoms with Crippen molar-refractivity contribution in [3.05, 3.63) is 0 Å². The fourth-order valence-corrected chi connectivity index (χ4v) is 3.04. The Hall–Kier alpha value is -0.120. The Morgan fingerprint density at radius 1 is 1.17 bits per heavy atom. The van der Waals surface area contributed by atoms with Crippen LogP contribution in [0, 0.1) is 11.3 Å². The van der Waals surface area contributed by atoms with Gasteiger partial charge in [0.25, 0.3) is 0 Å². The van der Waals surface area contributed by atoms with Crippen LogP contribution in [-0.4, -0.2) is 48.3 Å². The molecule has 1 unspecified atom stereocenters. The SMILES string of the molecule is CC(C)(C)C1CCN(CC(CO)NC2CC2)CC1. The maximum atomic E-state index is 9.43. The summed E-state index contributed by atoms with van der Waals surface area (Å²) >= 11 is 0. The van der Waals surface area contributed by atoms with Gasteiger partial charge in [-0.05, 0) is 50.1 Å². The third kappa shape index (κ3) is 4.22. The van der Waals surface area contributed by atoms with Crippen LogP contribution < -0.4 is 5.32 Å². The molecule has 2 aliphatic rings. The second-order valence-electron chi connectivity index (χ2n) is 7.26. The van der Waals surface area contributed by atoms with Crippen LogP contribution in [-0.2, 0) is 0 Å². The summed E-state index contributed by atoms with van der Waals surface area (Å²) in [5.41, 5.74) is 0.453. The largest absolute Gasteiger partial charge is 0.395 e. The third-order valence-electron chi connectivity index (χ3n) is 4.56. The third-order valence-corrected chi connectivity index (χ3v) is 4.56. The summed E-state index contributed by atoms with van der Waals surface area (Å²) in [5.74, 6) is 0.859. The molecule has 1 atom stereocenters. The minimum atomic E-state index is 0.274. The van der Waals surface area contributed by atoms with E-state index in [1.165, 1.54) is 38.8 Å². The first-order valence-electron chi connectivity index (χ1n) is 7.58. The predicted molar refractivity (Wildman–Crippen MR) is 75.7 cm³/mol. The molecule has 2 rings (SSSR count). The molecule has 0 aromatic rings. The van der Waals surface area contributed by atoms with Gasteiger partial charge in [-0.2, -0.15) is 0 Å². The van der Waals surface area contributed by atoms with E-state index in [1.807, 2.05) is 0 Å². The molecule has 1 aliphatic carbocycles. The molecule has 18 heavy (non-hydrogen) atoms. The molecule has 1 saturated carbocycles. The van der Waals surface area contributed by atoms with Crippen molar-refractivity contribution < 1.29 is 5.11 Å². The summed E-state index contributed by atoms with van der Waals surface area (Å²) in [4.78, 5) is 2.53. The van der Waals surface area contributed by atoms with E-state index in [1.54, 1.807) is 0 Å². The van der Waals surface area contributed by atoms with Crippen LogP contribution in [0.15, 0.2) is 0 Å². The number of piperidine rings is 1. The second kappa shape index (κ2) is 5.89. The zero-order valence-electron chi connectivity index (χ0n) is 12.3. The van der Waals surface area contributed by atoms with Gasteiger partial charge >= 0.3 is 0 Å². The minimum Gasteiger partial charge on any atom is -0.395 e. The van der Waals surface area contributed by atoms with Crippen LogP contribution in [0.1, 0.15) is 46.5 Å². The average Bonchev–Trinajstić information content (AvgIpc) is 3.11. The van der Waals surface area contributed by atoms with Crippen LogP contribution in [0.3, 0.4) is 0 Å². The van der Waals surface area contributed by atoms with Crippen LogP contribution in [0.25, 0.3) is 0 Å². The molecule has 0 bridgehead atoms. The molecule has 0 amide bonds. The topological polar surface area (TPSA) is 35.5 Å². The number of aliphatic hydroxyl groups excluding tert-OH is 1. The van der Waals surface area contributed by atoms with Gasteiger partial charge in [-0.3, -0.25) is 0 Å². The van der Waals surface area contributed by atoms with E-state index in [4.69, 9.17) is 0 Å². The molecule has 3 nitrogen and oxygen atoms in total. The first-order valence-corrected chi connectivity index (χ1v) is 7.58. The normalized spacial score (nSPS) is 25.3. The van der Waals surface area contributed by atoms with E-state index in [9.17, 15) is 5.11 Å². The summed E-state index contributed by atoms with van der Waals surface area (Å²) in [7, 11) is 0. The van der Waals surface area contributed by atoms with Gasteiger partial charge in [0.05, 0.1) is 6.61 Å². The molecule has 0 aromatic heterocycles. The maximum Gasteiger partial charge on any atom is 0.0597 e. The van der Waals surface area contributed by atoms with Crippen LogP contribution in [0.5, 0.6) is 0 Å². The van der Waals surface area contributed by atoms with E-state index in [0.29, 0.717) is 11.5 Å². The highest BCUT2D eigenvalue weighted by Crippen LogP contribution is 2.34. The van der Waals surface area contributed by atoms with Crippen molar-refractivity contribution in [1.29, 1.82) is 0 Å². The highest BCUT2D eigenvalue weighted by atomic mass is 16.3. The van der Waals surface area contributed by atoms with E-state index in [-0.39, 0.29) is 12.6 Å². The van der Waals surface area contributed by atoms with Crippen LogP contribution in [0.4, 0.5) is 0 Å². The van der Waals surface area contributed by atoms with Crippen molar-refractivity contribution in [3.8, 4) is 0 Å². The molecule has 3 heteroatoms. The molecule has 106 valence electrons. The molecule has 0 aromatic carbocycles. The molecule has 2 fully saturated rings. The summed E-state index contributed by atoms with van der Waals surface area (Å²) in [6.45, 7) is 10.8. The Bertz CT molecular complexity index is 250. The molecule has 0 radical (unpaired) electrons. The Morgan fingerprint density at radius 2 is 1.78 bits per heavy atom. The molecule has 1 aliphatic heterocycles. The Kier molecular flexibility index (Phi) is 4.68. The number of rotatable bonds is 5. The molecular formula is C15H30N2O. The van der Waals surface area contributed by atoms with Gasteiger partial charge in [-0.1, -0.05) is 20.8 Å². The van der Waals surface area contributed by atoms with Crippen molar-refractivity contribution in [2.45, 2.75) is 58.5 Å². The highest BCUT2D eigenvalue weighted by Gasteiger charge is 2.30. The summed E-state index contributed by atoms with van der Waals surface area (Å²) < 4.78 is 0. The smallest absolute Gasteiger partial charge is 0.0597 e. The lowest BCUT2D eigenvalue weighted by atomic mass is 9.75. The standard InChI is InChI=1S/C15H30N2O/c1-15(2,3)12-6-8-17(9-7-12)10-14(11-18)16-13-4-5-13/h12-14,16,18H,4-11H2,1-3H3. The minimum absolute atomic E-state index is 0.274. The van der Waals surface area contributed by atoms with Gasteiger partial charge < -0.3 is 15.3 Å². The fourth-order valence-electron chi connectivity index (χ4n) is 3.04. The Balaban J connectivity index is 1.71. The van der Waals surface area contributed by atoms with Gasteiger partial charge in [-0.15, -0.1) is 0 Å². The first-order chi connectivity index (χ1) is 8.49. The zero-order valence-corrected chi connectivity index (χ0v) is 12.3. The first kappa shape index (κ1) is 14.3. The summed E-state index contributed by atoms with van der Waals surface area (Å²) in [5, 5.41) is 13.0. The van der Waals surface area contributed by atoms with E-state index in [0.717, 1.165) is 12.5 Å². The lowest BCUT2D eigenvalue weighted by molar-refractivity contribution is 0.0956. The van der Waals surface area contributed by atoms with E-state index >= 15 is 0 Å². The predicted octanol–water partition coefficient (Wildman–Crippen LogP) is 1.86. The van der Waals surface area contributed by atoms with Gasteiger partial charge in [0.2, 0.25) is 0 Å². The number of nitrogens with zero attached hydrogens (tertiary/aromatic N) is 1. The Morgan fingerprint density at radius 3 is 2.22 bits per heavy atom. The van der Waals surface area contributed by atoms with Crippen molar-refractivity contribution >= 4 is 0 Å². The number of nitrogens with one attached hydrogen (secondary N) is 1. The number of likely N-dealkylation sites (tertiary alicyclic amines) is 1. The van der Waals surface area contributed by atoms with Crippen LogP contribution in [0.2, 0.25) is 0 Å². The van der Waals surface area contributed by atoms with Crippen molar-refractivity contribution in [2.75, 3.05) is 26.2 Å². The summed E-state index contributed by atoms with van der Waals surface area (Å²) in [6.07, 6.45) is 5.21. The number of hydrogen-bond acceptors (Lipinski definition) is 3. The average molecular weight is 254 g/mol. The molecule has 1 saturated heterocycles. The fraction of sp³-hybridized carbons (Fsp3) is 1.00. The molecular weight excluding hydrogens is 224 g/mol. The zero-order chi connectivity index (χ0) is 13.2. The second-order valence-corrected chi connectivity index (χ2v) is 7.26. The van der Waals surface area contributed by atoms with E-state index < -0.39 is 0 Å². The number of aliphatic hydroxyl groups is 1. The molecule has 0 spiro atoms. The quantitative estimate of drug-likeness (QED) is 0.786. The van der Waals surface area contributed by atoms with E-state index in [2.05, 4.69) is 31.0 Å². The number of hydrogen-bond donors (Lipinski definition) is 2. The van der Waals surface area contributed by atoms with Crippen LogP contribution >= 0.6 is 0 Å².